The summed E-state index contributed by atoms with van der Waals surface area (Å²) in [5.41, 5.74) is 2.35. The number of carbonyl (C=O) groups excluding carboxylic acids is 2. The van der Waals surface area contributed by atoms with Crippen LogP contribution in [0.2, 0.25) is 0 Å². The number of aryl methyl sites for hydroxylation is 2. The van der Waals surface area contributed by atoms with Gasteiger partial charge in [0.15, 0.2) is 0 Å². The van der Waals surface area contributed by atoms with E-state index in [2.05, 4.69) is 5.32 Å². The van der Waals surface area contributed by atoms with Gasteiger partial charge in [0, 0.05) is 13.1 Å². The Labute approximate surface area is 230 Å². The van der Waals surface area contributed by atoms with E-state index >= 15 is 0 Å². The normalized spacial score (nSPS) is 12.0. The topological polar surface area (TPSA) is 86.8 Å². The van der Waals surface area contributed by atoms with Crippen molar-refractivity contribution in [2.45, 2.75) is 58.0 Å². The molecule has 3 aromatic rings. The van der Waals surface area contributed by atoms with Gasteiger partial charge in [-0.1, -0.05) is 67.4 Å². The highest BCUT2D eigenvalue weighted by atomic mass is 32.2. The number of halogens is 1. The van der Waals surface area contributed by atoms with E-state index in [0.717, 1.165) is 39.9 Å². The molecule has 0 saturated carbocycles. The second-order valence-corrected chi connectivity index (χ2v) is 11.4. The Hall–Kier alpha value is -3.72. The van der Waals surface area contributed by atoms with Crippen molar-refractivity contribution in [3.8, 4) is 0 Å². The maximum Gasteiger partial charge on any atom is 0.264 e. The third-order valence-corrected chi connectivity index (χ3v) is 8.38. The first kappa shape index (κ1) is 29.8. The number of nitrogens with zero attached hydrogens (tertiary/aromatic N) is 2. The first-order valence-electron chi connectivity index (χ1n) is 13.0. The number of carbonyl (C=O) groups is 2. The summed E-state index contributed by atoms with van der Waals surface area (Å²) < 4.78 is 43.3. The summed E-state index contributed by atoms with van der Waals surface area (Å²) in [4.78, 5) is 28.2. The van der Waals surface area contributed by atoms with Gasteiger partial charge in [0.05, 0.1) is 10.6 Å². The number of hydrogen-bond donors (Lipinski definition) is 1. The Morgan fingerprint density at radius 3 is 2.23 bits per heavy atom. The minimum atomic E-state index is -4.32. The molecule has 0 aliphatic heterocycles. The van der Waals surface area contributed by atoms with Crippen LogP contribution in [-0.4, -0.2) is 44.3 Å². The van der Waals surface area contributed by atoms with E-state index in [1.807, 2.05) is 45.0 Å². The molecular formula is C30H36FN3O4S. The quantitative estimate of drug-likeness (QED) is 0.321. The van der Waals surface area contributed by atoms with Gasteiger partial charge in [0.1, 0.15) is 18.4 Å². The van der Waals surface area contributed by atoms with Gasteiger partial charge in [-0.3, -0.25) is 13.9 Å². The van der Waals surface area contributed by atoms with E-state index in [4.69, 9.17) is 0 Å². The van der Waals surface area contributed by atoms with Crippen LogP contribution >= 0.6 is 0 Å². The van der Waals surface area contributed by atoms with Gasteiger partial charge in [-0.25, -0.2) is 12.8 Å². The van der Waals surface area contributed by atoms with Crippen LogP contribution in [0.4, 0.5) is 10.1 Å². The molecule has 9 heteroatoms. The van der Waals surface area contributed by atoms with E-state index in [0.29, 0.717) is 6.54 Å². The molecule has 0 fully saturated rings. The Morgan fingerprint density at radius 1 is 0.949 bits per heavy atom. The van der Waals surface area contributed by atoms with Crippen LogP contribution < -0.4 is 9.62 Å². The molecule has 0 radical (unpaired) electrons. The summed E-state index contributed by atoms with van der Waals surface area (Å²) in [5.74, 6) is -1.75. The standard InChI is InChI=1S/C30H36FN3O4S/c1-5-6-19-32-30(36)24(4)33(20-25-12-8-7-11-23(25)3)29(35)21-34(28-14-10-9-13-27(28)31)39(37,38)26-17-15-22(2)16-18-26/h7-18,24H,5-6,19-21H2,1-4H3,(H,32,36). The van der Waals surface area contributed by atoms with E-state index in [1.54, 1.807) is 19.1 Å². The molecule has 208 valence electrons. The number of rotatable bonds is 12. The average Bonchev–Trinajstić information content (AvgIpc) is 2.91. The van der Waals surface area contributed by atoms with Gasteiger partial charge in [-0.05, 0) is 62.6 Å². The van der Waals surface area contributed by atoms with Gasteiger partial charge in [-0.15, -0.1) is 0 Å². The molecule has 1 N–H and O–H groups in total. The van der Waals surface area contributed by atoms with Crippen molar-refractivity contribution < 1.29 is 22.4 Å². The van der Waals surface area contributed by atoms with Crippen molar-refractivity contribution in [3.05, 3.63) is 95.3 Å². The van der Waals surface area contributed by atoms with Crippen LogP contribution in [0.1, 0.15) is 43.4 Å². The van der Waals surface area contributed by atoms with Gasteiger partial charge >= 0.3 is 0 Å². The van der Waals surface area contributed by atoms with E-state index in [1.165, 1.54) is 35.2 Å². The van der Waals surface area contributed by atoms with Crippen molar-refractivity contribution >= 4 is 27.5 Å². The second-order valence-electron chi connectivity index (χ2n) is 9.54. The highest BCUT2D eigenvalue weighted by molar-refractivity contribution is 7.92. The summed E-state index contributed by atoms with van der Waals surface area (Å²) in [7, 11) is -4.32. The number of amides is 2. The molecule has 1 atom stereocenters. The van der Waals surface area contributed by atoms with Crippen molar-refractivity contribution in [1.29, 1.82) is 0 Å². The molecule has 0 spiro atoms. The first-order chi connectivity index (χ1) is 18.6. The zero-order valence-corrected chi connectivity index (χ0v) is 23.7. The molecule has 7 nitrogen and oxygen atoms in total. The van der Waals surface area contributed by atoms with E-state index < -0.39 is 34.3 Å². The molecule has 39 heavy (non-hydrogen) atoms. The maximum atomic E-state index is 15.0. The minimum absolute atomic E-state index is 0.0695. The Kier molecular flexibility index (Phi) is 10.2. The minimum Gasteiger partial charge on any atom is -0.354 e. The van der Waals surface area contributed by atoms with Gasteiger partial charge in [0.25, 0.3) is 10.0 Å². The lowest BCUT2D eigenvalue weighted by Gasteiger charge is -2.32. The third-order valence-electron chi connectivity index (χ3n) is 6.61. The fraction of sp³-hybridized carbons (Fsp3) is 0.333. The molecule has 0 bridgehead atoms. The van der Waals surface area contributed by atoms with Crippen molar-refractivity contribution in [2.24, 2.45) is 0 Å². The lowest BCUT2D eigenvalue weighted by Crippen LogP contribution is -2.51. The summed E-state index contributed by atoms with van der Waals surface area (Å²) in [6, 6.07) is 18.1. The molecule has 2 amide bonds. The average molecular weight is 554 g/mol. The van der Waals surface area contributed by atoms with Crippen LogP contribution in [0.15, 0.2) is 77.7 Å². The molecule has 3 aromatic carbocycles. The number of sulfonamides is 1. The largest absolute Gasteiger partial charge is 0.354 e. The van der Waals surface area contributed by atoms with Crippen LogP contribution in [0.5, 0.6) is 0 Å². The Balaban J connectivity index is 2.02. The van der Waals surface area contributed by atoms with Crippen molar-refractivity contribution in [1.82, 2.24) is 10.2 Å². The third kappa shape index (κ3) is 7.44. The summed E-state index contributed by atoms with van der Waals surface area (Å²) in [6.45, 7) is 7.21. The number of hydrogen-bond acceptors (Lipinski definition) is 4. The van der Waals surface area contributed by atoms with Crippen LogP contribution in [0.3, 0.4) is 0 Å². The predicted molar refractivity (Wildman–Crippen MR) is 151 cm³/mol. The van der Waals surface area contributed by atoms with E-state index in [9.17, 15) is 22.4 Å². The van der Waals surface area contributed by atoms with E-state index in [-0.39, 0.29) is 23.0 Å². The number of unbranched alkanes of at least 4 members (excludes halogenated alkanes) is 1. The van der Waals surface area contributed by atoms with Gasteiger partial charge in [-0.2, -0.15) is 0 Å². The first-order valence-corrected chi connectivity index (χ1v) is 14.5. The second kappa shape index (κ2) is 13.4. The van der Waals surface area contributed by atoms with Crippen molar-refractivity contribution in [3.63, 3.8) is 0 Å². The number of para-hydroxylation sites is 1. The number of nitrogens with one attached hydrogen (secondary N) is 1. The Morgan fingerprint density at radius 2 is 1.59 bits per heavy atom. The molecule has 0 aliphatic carbocycles. The number of benzene rings is 3. The molecule has 0 heterocycles. The highest BCUT2D eigenvalue weighted by Crippen LogP contribution is 2.27. The lowest BCUT2D eigenvalue weighted by atomic mass is 10.1. The van der Waals surface area contributed by atoms with Crippen LogP contribution in [0.25, 0.3) is 0 Å². The molecule has 1 unspecified atom stereocenters. The monoisotopic (exact) mass is 553 g/mol. The number of anilines is 1. The van der Waals surface area contributed by atoms with Crippen molar-refractivity contribution in [2.75, 3.05) is 17.4 Å². The molecular weight excluding hydrogens is 517 g/mol. The highest BCUT2D eigenvalue weighted by Gasteiger charge is 2.33. The smallest absolute Gasteiger partial charge is 0.264 e. The summed E-state index contributed by atoms with van der Waals surface area (Å²) in [6.07, 6.45) is 1.69. The summed E-state index contributed by atoms with van der Waals surface area (Å²) in [5, 5.41) is 2.85. The molecule has 0 aliphatic rings. The molecule has 3 rings (SSSR count). The molecule has 0 aromatic heterocycles. The van der Waals surface area contributed by atoms with Gasteiger partial charge in [0.2, 0.25) is 11.8 Å². The SMILES string of the molecule is CCCCNC(=O)C(C)N(Cc1ccccc1C)C(=O)CN(c1ccccc1F)S(=O)(=O)c1ccc(C)cc1. The van der Waals surface area contributed by atoms with Crippen LogP contribution in [0, 0.1) is 19.7 Å². The lowest BCUT2D eigenvalue weighted by molar-refractivity contribution is -0.139. The fourth-order valence-electron chi connectivity index (χ4n) is 4.09. The molecule has 0 saturated heterocycles. The zero-order valence-electron chi connectivity index (χ0n) is 22.9. The zero-order chi connectivity index (χ0) is 28.6. The Bertz CT molecular complexity index is 1390. The maximum absolute atomic E-state index is 15.0. The van der Waals surface area contributed by atoms with Gasteiger partial charge < -0.3 is 10.2 Å². The predicted octanol–water partition coefficient (Wildman–Crippen LogP) is 4.97. The fourth-order valence-corrected chi connectivity index (χ4v) is 5.52. The summed E-state index contributed by atoms with van der Waals surface area (Å²) >= 11 is 0. The van der Waals surface area contributed by atoms with Crippen LogP contribution in [-0.2, 0) is 26.2 Å².